The van der Waals surface area contributed by atoms with E-state index in [2.05, 4.69) is 13.8 Å². The zero-order chi connectivity index (χ0) is 27.9. The summed E-state index contributed by atoms with van der Waals surface area (Å²) < 4.78 is 30.9. The molecule has 2 unspecified atom stereocenters. The lowest BCUT2D eigenvalue weighted by atomic mass is 9.80. The van der Waals surface area contributed by atoms with Crippen molar-refractivity contribution in [3.63, 3.8) is 0 Å². The number of sulfone groups is 1. The lowest BCUT2D eigenvalue weighted by Crippen LogP contribution is -2.47. The molecule has 0 bridgehead atoms. The second-order valence-corrected chi connectivity index (χ2v) is 13.2. The molecule has 2 atom stereocenters. The fourth-order valence-corrected chi connectivity index (χ4v) is 6.72. The molecule has 7 heteroatoms. The Morgan fingerprint density at radius 1 is 1.05 bits per heavy atom. The lowest BCUT2D eigenvalue weighted by molar-refractivity contribution is -0.130. The van der Waals surface area contributed by atoms with Crippen LogP contribution in [0.4, 0.5) is 0 Å². The number of Topliss-reactive ketones (excluding diaryl/α,β-unsaturated/α-hetero) is 1. The number of amides is 1. The number of fused-ring (bicyclic) bond motifs is 1. The highest BCUT2D eigenvalue weighted by Gasteiger charge is 2.60. The van der Waals surface area contributed by atoms with Crippen molar-refractivity contribution < 1.29 is 22.7 Å². The molecule has 2 heterocycles. The Bertz CT molecular complexity index is 1510. The van der Waals surface area contributed by atoms with E-state index < -0.39 is 15.4 Å². The first kappa shape index (κ1) is 27.1. The molecule has 0 radical (unpaired) electrons. The number of carbonyl (C=O) groups excluding carboxylic acids is 2. The number of ketones is 1. The molecule has 3 aromatic rings. The number of likely N-dealkylation sites (tertiary alicyclic amines) is 1. The molecule has 6 nitrogen and oxygen atoms in total. The van der Waals surface area contributed by atoms with Crippen LogP contribution in [-0.4, -0.2) is 49.5 Å². The normalized spacial score (nSPS) is 20.5. The first-order valence-corrected chi connectivity index (χ1v) is 15.2. The largest absolute Gasteiger partial charge is 0.475 e. The predicted octanol–water partition coefficient (Wildman–Crippen LogP) is 5.48. The van der Waals surface area contributed by atoms with Gasteiger partial charge in [0.05, 0.1) is 28.7 Å². The third-order valence-corrected chi connectivity index (χ3v) is 9.90. The van der Waals surface area contributed by atoms with Crippen LogP contribution in [0.2, 0.25) is 0 Å². The van der Waals surface area contributed by atoms with Crippen LogP contribution in [0.25, 0.3) is 0 Å². The van der Waals surface area contributed by atoms with Gasteiger partial charge in [0.15, 0.2) is 15.4 Å². The second-order valence-electron chi connectivity index (χ2n) is 10.9. The molecule has 2 aliphatic heterocycles. The fourth-order valence-electron chi connectivity index (χ4n) is 5.83. The van der Waals surface area contributed by atoms with E-state index in [9.17, 15) is 18.0 Å². The molecule has 5 rings (SSSR count). The molecule has 1 amide bonds. The van der Waals surface area contributed by atoms with E-state index in [4.69, 9.17) is 4.74 Å². The molecule has 2 aliphatic rings. The van der Waals surface area contributed by atoms with Gasteiger partial charge < -0.3 is 9.64 Å². The number of hydrogen-bond acceptors (Lipinski definition) is 5. The summed E-state index contributed by atoms with van der Waals surface area (Å²) in [7, 11) is -3.27. The average molecular weight is 546 g/mol. The molecule has 1 saturated heterocycles. The Kier molecular flexibility index (Phi) is 7.14. The number of aryl methyl sites for hydroxylation is 2. The molecule has 1 spiro atoms. The van der Waals surface area contributed by atoms with Gasteiger partial charge in [0, 0.05) is 13.0 Å². The summed E-state index contributed by atoms with van der Waals surface area (Å²) in [6.45, 7) is 8.33. The molecule has 3 aromatic carbocycles. The Hall–Kier alpha value is -3.45. The Balaban J connectivity index is 1.41. The van der Waals surface area contributed by atoms with Crippen LogP contribution in [0.5, 0.6) is 5.75 Å². The third-order valence-electron chi connectivity index (χ3n) is 8.15. The molecular formula is C32H35NO5S. The highest BCUT2D eigenvalue weighted by Crippen LogP contribution is 2.50. The van der Waals surface area contributed by atoms with Crippen molar-refractivity contribution in [3.05, 3.63) is 94.5 Å². The van der Waals surface area contributed by atoms with Gasteiger partial charge in [-0.3, -0.25) is 9.59 Å². The summed E-state index contributed by atoms with van der Waals surface area (Å²) >= 11 is 0. The van der Waals surface area contributed by atoms with E-state index in [1.165, 1.54) is 0 Å². The van der Waals surface area contributed by atoms with Crippen LogP contribution >= 0.6 is 0 Å². The first-order chi connectivity index (χ1) is 18.6. The smallest absolute Gasteiger partial charge is 0.223 e. The SMILES string of the molecule is CCS(=O)(=O)c1ccc(CCC(=O)N2CC(c3ccccc3)C3(C2)Oc2c(C(C)C)ccc(C)c2C3=O)cc1. The minimum absolute atomic E-state index is 0.0469. The molecular weight excluding hydrogens is 510 g/mol. The Morgan fingerprint density at radius 3 is 2.38 bits per heavy atom. The summed E-state index contributed by atoms with van der Waals surface area (Å²) in [4.78, 5) is 29.7. The minimum atomic E-state index is -3.27. The quantitative estimate of drug-likeness (QED) is 0.393. The van der Waals surface area contributed by atoms with Crippen LogP contribution < -0.4 is 4.74 Å². The summed E-state index contributed by atoms with van der Waals surface area (Å²) in [5, 5.41) is 0. The highest BCUT2D eigenvalue weighted by atomic mass is 32.2. The maximum Gasteiger partial charge on any atom is 0.223 e. The van der Waals surface area contributed by atoms with Crippen molar-refractivity contribution in [2.45, 2.75) is 62.9 Å². The van der Waals surface area contributed by atoms with Gasteiger partial charge in [0.1, 0.15) is 5.75 Å². The second kappa shape index (κ2) is 10.3. The first-order valence-electron chi connectivity index (χ1n) is 13.6. The van der Waals surface area contributed by atoms with Gasteiger partial charge >= 0.3 is 0 Å². The number of nitrogens with zero attached hydrogens (tertiary/aromatic N) is 1. The third kappa shape index (κ3) is 4.78. The zero-order valence-electron chi connectivity index (χ0n) is 22.9. The van der Waals surface area contributed by atoms with Gasteiger partial charge in [-0.15, -0.1) is 0 Å². The summed E-state index contributed by atoms with van der Waals surface area (Å²) in [5.41, 5.74) is 3.24. The van der Waals surface area contributed by atoms with E-state index in [1.54, 1.807) is 36.1 Å². The van der Waals surface area contributed by atoms with E-state index >= 15 is 0 Å². The van der Waals surface area contributed by atoms with Gasteiger partial charge in [0.2, 0.25) is 11.7 Å². The van der Waals surface area contributed by atoms with Gasteiger partial charge in [0.25, 0.3) is 0 Å². The van der Waals surface area contributed by atoms with Crippen LogP contribution in [0.1, 0.15) is 71.6 Å². The minimum Gasteiger partial charge on any atom is -0.475 e. The van der Waals surface area contributed by atoms with Gasteiger partial charge in [-0.2, -0.15) is 0 Å². The van der Waals surface area contributed by atoms with Crippen LogP contribution in [0.3, 0.4) is 0 Å². The van der Waals surface area contributed by atoms with Crippen molar-refractivity contribution >= 4 is 21.5 Å². The maximum absolute atomic E-state index is 14.2. The molecule has 0 saturated carbocycles. The maximum atomic E-state index is 14.2. The van der Waals surface area contributed by atoms with E-state index in [1.807, 2.05) is 49.4 Å². The molecule has 1 fully saturated rings. The number of rotatable bonds is 7. The number of hydrogen-bond donors (Lipinski definition) is 0. The van der Waals surface area contributed by atoms with Gasteiger partial charge in [-0.05, 0) is 53.6 Å². The summed E-state index contributed by atoms with van der Waals surface area (Å²) in [5.74, 6) is 0.510. The van der Waals surface area contributed by atoms with Crippen LogP contribution in [-0.2, 0) is 21.1 Å². The molecule has 0 aromatic heterocycles. The predicted molar refractivity (Wildman–Crippen MR) is 151 cm³/mol. The average Bonchev–Trinajstić information content (AvgIpc) is 3.46. The van der Waals surface area contributed by atoms with Gasteiger partial charge in [-0.25, -0.2) is 8.42 Å². The molecule has 0 aliphatic carbocycles. The molecule has 204 valence electrons. The van der Waals surface area contributed by atoms with E-state index in [0.717, 1.165) is 22.3 Å². The van der Waals surface area contributed by atoms with Crippen LogP contribution in [0.15, 0.2) is 71.6 Å². The Labute approximate surface area is 230 Å². The summed E-state index contributed by atoms with van der Waals surface area (Å²) in [6.07, 6.45) is 0.741. The lowest BCUT2D eigenvalue weighted by Gasteiger charge is -2.28. The summed E-state index contributed by atoms with van der Waals surface area (Å²) in [6, 6.07) is 20.6. The number of ether oxygens (including phenoxy) is 1. The fraction of sp³-hybridized carbons (Fsp3) is 0.375. The van der Waals surface area contributed by atoms with Crippen LogP contribution in [0, 0.1) is 6.92 Å². The standard InChI is InChI=1S/C32H35NO5S/c1-5-39(36,37)25-15-12-23(13-16-25)14-18-28(34)33-19-27(24-9-7-6-8-10-24)32(20-33)31(35)29-22(4)11-17-26(21(2)3)30(29)38-32/h6-13,15-17,21,27H,5,14,18-20H2,1-4H3. The van der Waals surface area contributed by atoms with Crippen molar-refractivity contribution in [2.75, 3.05) is 18.8 Å². The Morgan fingerprint density at radius 2 is 1.74 bits per heavy atom. The van der Waals surface area contributed by atoms with E-state index in [0.29, 0.717) is 29.2 Å². The zero-order valence-corrected chi connectivity index (χ0v) is 23.8. The highest BCUT2D eigenvalue weighted by molar-refractivity contribution is 7.91. The van der Waals surface area contributed by atoms with Crippen molar-refractivity contribution in [3.8, 4) is 5.75 Å². The van der Waals surface area contributed by atoms with Gasteiger partial charge in [-0.1, -0.05) is 75.4 Å². The molecule has 0 N–H and O–H groups in total. The number of benzene rings is 3. The van der Waals surface area contributed by atoms with Crippen molar-refractivity contribution in [2.24, 2.45) is 0 Å². The van der Waals surface area contributed by atoms with Crippen molar-refractivity contribution in [1.29, 1.82) is 0 Å². The van der Waals surface area contributed by atoms with E-state index in [-0.39, 0.29) is 42.2 Å². The molecule has 39 heavy (non-hydrogen) atoms. The van der Waals surface area contributed by atoms with Crippen molar-refractivity contribution in [1.82, 2.24) is 4.90 Å². The topological polar surface area (TPSA) is 80.8 Å². The monoisotopic (exact) mass is 545 g/mol. The number of carbonyl (C=O) groups is 2.